The summed E-state index contributed by atoms with van der Waals surface area (Å²) in [6.07, 6.45) is 2.47. The predicted molar refractivity (Wildman–Crippen MR) is 63.9 cm³/mol. The molecule has 1 aromatic carbocycles. The van der Waals surface area contributed by atoms with Gasteiger partial charge < -0.3 is 4.74 Å². The number of ether oxygens (including phenoxy) is 1. The summed E-state index contributed by atoms with van der Waals surface area (Å²) in [6.45, 7) is 6.38. The highest BCUT2D eigenvalue weighted by Gasteiger charge is 2.05. The Bertz CT molecular complexity index is 292. The van der Waals surface area contributed by atoms with Crippen LogP contribution in [0.4, 0.5) is 0 Å². The average molecular weight is 257 g/mol. The number of rotatable bonds is 4. The van der Waals surface area contributed by atoms with E-state index < -0.39 is 0 Å². The maximum Gasteiger partial charge on any atom is 0.120 e. The predicted octanol–water partition coefficient (Wildman–Crippen LogP) is 4.32. The van der Waals surface area contributed by atoms with Gasteiger partial charge in [0.25, 0.3) is 0 Å². The topological polar surface area (TPSA) is 9.23 Å². The number of benzene rings is 1. The lowest BCUT2D eigenvalue weighted by Gasteiger charge is -2.16. The van der Waals surface area contributed by atoms with Crippen molar-refractivity contribution in [2.75, 3.05) is 0 Å². The minimum absolute atomic E-state index is 0.343. The Balaban J connectivity index is 2.72. The van der Waals surface area contributed by atoms with Crippen LogP contribution >= 0.6 is 15.9 Å². The molecule has 0 radical (unpaired) electrons. The van der Waals surface area contributed by atoms with Crippen LogP contribution in [0.3, 0.4) is 0 Å². The van der Waals surface area contributed by atoms with E-state index in [0.29, 0.717) is 6.10 Å². The summed E-state index contributed by atoms with van der Waals surface area (Å²) in [4.78, 5) is 0. The van der Waals surface area contributed by atoms with Crippen molar-refractivity contribution in [2.24, 2.45) is 0 Å². The van der Waals surface area contributed by atoms with E-state index in [0.717, 1.165) is 23.1 Å². The molecule has 1 rings (SSSR count). The van der Waals surface area contributed by atoms with Gasteiger partial charge in [0.1, 0.15) is 5.75 Å². The standard InChI is InChI=1S/C12H17BrO/c1-4-10(5-2)14-11-6-7-12(13)9(3)8-11/h6-8,10H,4-5H2,1-3H3. The Hall–Kier alpha value is -0.500. The molecule has 0 saturated carbocycles. The van der Waals surface area contributed by atoms with Gasteiger partial charge in [0.05, 0.1) is 6.10 Å². The van der Waals surface area contributed by atoms with Crippen LogP contribution in [-0.4, -0.2) is 6.10 Å². The van der Waals surface area contributed by atoms with Gasteiger partial charge in [0.15, 0.2) is 0 Å². The second-order valence-electron chi connectivity index (χ2n) is 3.47. The lowest BCUT2D eigenvalue weighted by Crippen LogP contribution is -2.13. The van der Waals surface area contributed by atoms with Crippen LogP contribution < -0.4 is 4.74 Å². The Labute approximate surface area is 94.6 Å². The molecule has 1 aromatic rings. The number of hydrogen-bond acceptors (Lipinski definition) is 1. The molecule has 0 aliphatic carbocycles. The number of hydrogen-bond donors (Lipinski definition) is 0. The van der Waals surface area contributed by atoms with Crippen molar-refractivity contribution in [1.82, 2.24) is 0 Å². The van der Waals surface area contributed by atoms with E-state index in [1.54, 1.807) is 0 Å². The molecule has 14 heavy (non-hydrogen) atoms. The molecule has 0 fully saturated rings. The van der Waals surface area contributed by atoms with Gasteiger partial charge in [-0.3, -0.25) is 0 Å². The first kappa shape index (κ1) is 11.6. The molecule has 1 nitrogen and oxygen atoms in total. The molecule has 0 aliphatic rings. The molecule has 0 bridgehead atoms. The minimum Gasteiger partial charge on any atom is -0.490 e. The summed E-state index contributed by atoms with van der Waals surface area (Å²) in [7, 11) is 0. The van der Waals surface area contributed by atoms with Crippen LogP contribution in [0.15, 0.2) is 22.7 Å². The van der Waals surface area contributed by atoms with E-state index in [1.165, 1.54) is 5.56 Å². The number of aryl methyl sites for hydroxylation is 1. The first-order chi connectivity index (χ1) is 6.67. The van der Waals surface area contributed by atoms with Crippen LogP contribution in [0.25, 0.3) is 0 Å². The molecular formula is C12H17BrO. The van der Waals surface area contributed by atoms with Gasteiger partial charge in [-0.25, -0.2) is 0 Å². The Kier molecular flexibility index (Phi) is 4.46. The smallest absolute Gasteiger partial charge is 0.120 e. The van der Waals surface area contributed by atoms with Gasteiger partial charge in [-0.15, -0.1) is 0 Å². The van der Waals surface area contributed by atoms with E-state index >= 15 is 0 Å². The quantitative estimate of drug-likeness (QED) is 0.780. The van der Waals surface area contributed by atoms with E-state index in [4.69, 9.17) is 4.74 Å². The van der Waals surface area contributed by atoms with Crippen LogP contribution in [0.2, 0.25) is 0 Å². The van der Waals surface area contributed by atoms with Crippen molar-refractivity contribution in [2.45, 2.75) is 39.7 Å². The Morgan fingerprint density at radius 2 is 1.93 bits per heavy atom. The van der Waals surface area contributed by atoms with Gasteiger partial charge in [-0.1, -0.05) is 29.8 Å². The lowest BCUT2D eigenvalue weighted by molar-refractivity contribution is 0.193. The van der Waals surface area contributed by atoms with Crippen LogP contribution in [0, 0.1) is 6.92 Å². The maximum absolute atomic E-state index is 5.83. The summed E-state index contributed by atoms with van der Waals surface area (Å²) in [5, 5.41) is 0. The monoisotopic (exact) mass is 256 g/mol. The third-order valence-corrected chi connectivity index (χ3v) is 3.23. The molecule has 0 aromatic heterocycles. The fourth-order valence-corrected chi connectivity index (χ4v) is 1.58. The molecular weight excluding hydrogens is 240 g/mol. The molecule has 78 valence electrons. The lowest BCUT2D eigenvalue weighted by atomic mass is 10.2. The molecule has 0 spiro atoms. The van der Waals surface area contributed by atoms with Crippen LogP contribution in [0.1, 0.15) is 32.3 Å². The molecule has 0 unspecified atom stereocenters. The highest BCUT2D eigenvalue weighted by atomic mass is 79.9. The summed E-state index contributed by atoms with van der Waals surface area (Å²) in [5.41, 5.74) is 1.22. The fourth-order valence-electron chi connectivity index (χ4n) is 1.34. The third kappa shape index (κ3) is 3.02. The largest absolute Gasteiger partial charge is 0.490 e. The van der Waals surface area contributed by atoms with E-state index in [2.05, 4.69) is 42.8 Å². The fraction of sp³-hybridized carbons (Fsp3) is 0.500. The molecule has 0 heterocycles. The Morgan fingerprint density at radius 3 is 2.43 bits per heavy atom. The first-order valence-electron chi connectivity index (χ1n) is 5.10. The van der Waals surface area contributed by atoms with Gasteiger partial charge in [0.2, 0.25) is 0 Å². The second kappa shape index (κ2) is 5.40. The SMILES string of the molecule is CCC(CC)Oc1ccc(Br)c(C)c1. The molecule has 0 aliphatic heterocycles. The third-order valence-electron chi connectivity index (χ3n) is 2.34. The average Bonchev–Trinajstić information content (AvgIpc) is 2.19. The molecule has 2 heteroatoms. The van der Waals surface area contributed by atoms with Crippen molar-refractivity contribution in [3.8, 4) is 5.75 Å². The van der Waals surface area contributed by atoms with Crippen molar-refractivity contribution in [3.05, 3.63) is 28.2 Å². The van der Waals surface area contributed by atoms with Crippen molar-refractivity contribution < 1.29 is 4.74 Å². The molecule has 0 saturated heterocycles. The molecule has 0 N–H and O–H groups in total. The summed E-state index contributed by atoms with van der Waals surface area (Å²) in [5.74, 6) is 0.972. The number of halogens is 1. The van der Waals surface area contributed by atoms with Crippen LogP contribution in [0.5, 0.6) is 5.75 Å². The maximum atomic E-state index is 5.83. The van der Waals surface area contributed by atoms with Gasteiger partial charge >= 0.3 is 0 Å². The van der Waals surface area contributed by atoms with Gasteiger partial charge in [0, 0.05) is 4.47 Å². The summed E-state index contributed by atoms with van der Waals surface area (Å²) < 4.78 is 6.96. The van der Waals surface area contributed by atoms with Crippen molar-refractivity contribution in [1.29, 1.82) is 0 Å². The van der Waals surface area contributed by atoms with Gasteiger partial charge in [-0.05, 0) is 43.5 Å². The zero-order valence-corrected chi connectivity index (χ0v) is 10.6. The molecule has 0 atom stereocenters. The van der Waals surface area contributed by atoms with Crippen molar-refractivity contribution in [3.63, 3.8) is 0 Å². The normalized spacial score (nSPS) is 10.6. The Morgan fingerprint density at radius 1 is 1.29 bits per heavy atom. The highest BCUT2D eigenvalue weighted by Crippen LogP contribution is 2.23. The van der Waals surface area contributed by atoms with Crippen molar-refractivity contribution >= 4 is 15.9 Å². The van der Waals surface area contributed by atoms with E-state index in [-0.39, 0.29) is 0 Å². The highest BCUT2D eigenvalue weighted by molar-refractivity contribution is 9.10. The van der Waals surface area contributed by atoms with E-state index in [9.17, 15) is 0 Å². The summed E-state index contributed by atoms with van der Waals surface area (Å²) in [6, 6.07) is 6.12. The molecule has 0 amide bonds. The van der Waals surface area contributed by atoms with E-state index in [1.807, 2.05) is 12.1 Å². The van der Waals surface area contributed by atoms with Crippen LogP contribution in [-0.2, 0) is 0 Å². The zero-order valence-electron chi connectivity index (χ0n) is 9.01. The second-order valence-corrected chi connectivity index (χ2v) is 4.32. The summed E-state index contributed by atoms with van der Waals surface area (Å²) >= 11 is 3.47. The van der Waals surface area contributed by atoms with Gasteiger partial charge in [-0.2, -0.15) is 0 Å². The minimum atomic E-state index is 0.343. The zero-order chi connectivity index (χ0) is 10.6. The first-order valence-corrected chi connectivity index (χ1v) is 5.89.